The van der Waals surface area contributed by atoms with Crippen molar-refractivity contribution >= 4 is 27.3 Å². The van der Waals surface area contributed by atoms with Crippen molar-refractivity contribution in [2.75, 3.05) is 5.75 Å². The molecule has 1 unspecified atom stereocenters. The van der Waals surface area contributed by atoms with Crippen LogP contribution >= 0.6 is 11.6 Å². The number of hydrogen-bond acceptors (Lipinski definition) is 3. The summed E-state index contributed by atoms with van der Waals surface area (Å²) in [6.45, 7) is 1.83. The summed E-state index contributed by atoms with van der Waals surface area (Å²) in [6.07, 6.45) is -0.141. The lowest BCUT2D eigenvalue weighted by Gasteiger charge is -2.14. The molecule has 0 saturated carbocycles. The second kappa shape index (κ2) is 8.45. The molecule has 2 aromatic rings. The molecule has 1 N–H and O–H groups in total. The number of carbonyl (C=O) groups is 1. The molecule has 1 amide bonds. The zero-order valence-electron chi connectivity index (χ0n) is 13.7. The fraction of sp³-hybridized carbons (Fsp3) is 0.278. The highest BCUT2D eigenvalue weighted by molar-refractivity contribution is 7.90. The van der Waals surface area contributed by atoms with Gasteiger partial charge in [-0.15, -0.1) is 0 Å². The zero-order valence-corrected chi connectivity index (χ0v) is 15.3. The Bertz CT molecular complexity index is 841. The predicted octanol–water partition coefficient (Wildman–Crippen LogP) is 3.66. The van der Waals surface area contributed by atoms with Crippen LogP contribution in [0.5, 0.6) is 0 Å². The lowest BCUT2D eigenvalue weighted by atomic mass is 10.1. The lowest BCUT2D eigenvalue weighted by molar-refractivity contribution is -0.121. The Balaban J connectivity index is 1.89. The molecule has 25 heavy (non-hydrogen) atoms. The number of benzene rings is 2. The Kier molecular flexibility index (Phi) is 6.56. The molecule has 1 atom stereocenters. The van der Waals surface area contributed by atoms with Gasteiger partial charge in [-0.2, -0.15) is 0 Å². The van der Waals surface area contributed by atoms with Crippen molar-refractivity contribution in [2.45, 2.75) is 25.1 Å². The number of hydrogen-bond donors (Lipinski definition) is 1. The molecular weight excluding hydrogens is 365 g/mol. The smallest absolute Gasteiger partial charge is 0.221 e. The van der Waals surface area contributed by atoms with Gasteiger partial charge in [-0.3, -0.25) is 4.79 Å². The second-order valence-corrected chi connectivity index (χ2v) is 8.37. The summed E-state index contributed by atoms with van der Waals surface area (Å²) >= 11 is 5.85. The van der Waals surface area contributed by atoms with Crippen molar-refractivity contribution in [3.05, 3.63) is 70.5 Å². The number of amides is 1. The maximum atomic E-state index is 13.0. The molecule has 0 aromatic heterocycles. The molecule has 0 aliphatic carbocycles. The van der Waals surface area contributed by atoms with E-state index in [-0.39, 0.29) is 34.9 Å². The van der Waals surface area contributed by atoms with Crippen LogP contribution in [-0.2, 0) is 20.4 Å². The first-order valence-corrected chi connectivity index (χ1v) is 9.95. The molecule has 0 aliphatic heterocycles. The third-order valence-corrected chi connectivity index (χ3v) is 5.64. The van der Waals surface area contributed by atoms with Gasteiger partial charge in [0.25, 0.3) is 0 Å². The molecule has 134 valence electrons. The Morgan fingerprint density at radius 3 is 2.52 bits per heavy atom. The normalized spacial score (nSPS) is 12.6. The summed E-state index contributed by atoms with van der Waals surface area (Å²) in [5.74, 6) is -1.49. The maximum absolute atomic E-state index is 13.0. The summed E-state index contributed by atoms with van der Waals surface area (Å²) in [4.78, 5) is 12.0. The van der Waals surface area contributed by atoms with Gasteiger partial charge in [0.1, 0.15) is 5.82 Å². The Morgan fingerprint density at radius 2 is 1.88 bits per heavy atom. The molecule has 0 spiro atoms. The van der Waals surface area contributed by atoms with Gasteiger partial charge < -0.3 is 5.32 Å². The van der Waals surface area contributed by atoms with Crippen LogP contribution in [0.15, 0.2) is 48.5 Å². The van der Waals surface area contributed by atoms with Crippen LogP contribution in [0.3, 0.4) is 0 Å². The maximum Gasteiger partial charge on any atom is 0.221 e. The number of nitrogens with one attached hydrogen (secondary N) is 1. The Morgan fingerprint density at radius 1 is 1.20 bits per heavy atom. The van der Waals surface area contributed by atoms with Crippen molar-refractivity contribution in [1.29, 1.82) is 0 Å². The molecule has 0 heterocycles. The standard InChI is InChI=1S/C18H19ClFNO3S/c1-13(14-5-3-2-4-6-14)21-18(22)9-10-25(23,24)12-15-7-8-16(20)11-17(15)19/h2-8,11,13H,9-10,12H2,1H3,(H,21,22). The van der Waals surface area contributed by atoms with Crippen LogP contribution in [0, 0.1) is 5.82 Å². The minimum atomic E-state index is -3.53. The van der Waals surface area contributed by atoms with Crippen molar-refractivity contribution in [3.63, 3.8) is 0 Å². The fourth-order valence-corrected chi connectivity index (χ4v) is 4.01. The van der Waals surface area contributed by atoms with Gasteiger partial charge in [-0.05, 0) is 30.2 Å². The van der Waals surface area contributed by atoms with Gasteiger partial charge in [0.15, 0.2) is 9.84 Å². The van der Waals surface area contributed by atoms with E-state index in [1.807, 2.05) is 37.3 Å². The van der Waals surface area contributed by atoms with E-state index >= 15 is 0 Å². The van der Waals surface area contributed by atoms with Gasteiger partial charge in [0.05, 0.1) is 17.5 Å². The van der Waals surface area contributed by atoms with Crippen molar-refractivity contribution in [2.24, 2.45) is 0 Å². The Labute approximate surface area is 151 Å². The monoisotopic (exact) mass is 383 g/mol. The molecule has 0 aliphatic rings. The first kappa shape index (κ1) is 19.4. The summed E-state index contributed by atoms with van der Waals surface area (Å²) in [5.41, 5.74) is 1.26. The Hall–Kier alpha value is -1.92. The number of rotatable bonds is 7. The number of sulfone groups is 1. The van der Waals surface area contributed by atoms with E-state index in [4.69, 9.17) is 11.6 Å². The molecule has 0 saturated heterocycles. The van der Waals surface area contributed by atoms with E-state index < -0.39 is 15.7 Å². The lowest BCUT2D eigenvalue weighted by Crippen LogP contribution is -2.28. The summed E-state index contributed by atoms with van der Waals surface area (Å²) in [7, 11) is -3.53. The average Bonchev–Trinajstić information content (AvgIpc) is 2.56. The molecule has 0 bridgehead atoms. The topological polar surface area (TPSA) is 63.2 Å². The highest BCUT2D eigenvalue weighted by Gasteiger charge is 2.17. The molecular formula is C18H19ClFNO3S. The summed E-state index contributed by atoms with van der Waals surface area (Å²) < 4.78 is 37.3. The zero-order chi connectivity index (χ0) is 18.4. The van der Waals surface area contributed by atoms with Crippen LogP contribution in [0.4, 0.5) is 4.39 Å². The van der Waals surface area contributed by atoms with E-state index in [9.17, 15) is 17.6 Å². The minimum absolute atomic E-state index is 0.0609. The first-order chi connectivity index (χ1) is 11.8. The first-order valence-electron chi connectivity index (χ1n) is 7.75. The van der Waals surface area contributed by atoms with Crippen molar-refractivity contribution < 1.29 is 17.6 Å². The van der Waals surface area contributed by atoms with Gasteiger partial charge in [0.2, 0.25) is 5.91 Å². The van der Waals surface area contributed by atoms with E-state index in [1.54, 1.807) is 0 Å². The fourth-order valence-electron chi connectivity index (χ4n) is 2.33. The van der Waals surface area contributed by atoms with E-state index in [0.717, 1.165) is 17.7 Å². The van der Waals surface area contributed by atoms with Crippen molar-refractivity contribution in [3.8, 4) is 0 Å². The van der Waals surface area contributed by atoms with E-state index in [0.29, 0.717) is 5.56 Å². The molecule has 2 rings (SSSR count). The SMILES string of the molecule is CC(NC(=O)CCS(=O)(=O)Cc1ccc(F)cc1Cl)c1ccccc1. The highest BCUT2D eigenvalue weighted by atomic mass is 35.5. The number of halogens is 2. The predicted molar refractivity (Wildman–Crippen MR) is 96.5 cm³/mol. The van der Waals surface area contributed by atoms with E-state index in [1.165, 1.54) is 6.07 Å². The number of carbonyl (C=O) groups excluding carboxylic acids is 1. The van der Waals surface area contributed by atoms with Crippen LogP contribution in [0.2, 0.25) is 5.02 Å². The minimum Gasteiger partial charge on any atom is -0.350 e. The third-order valence-electron chi connectivity index (χ3n) is 3.71. The molecule has 2 aromatic carbocycles. The van der Waals surface area contributed by atoms with Gasteiger partial charge >= 0.3 is 0 Å². The molecule has 7 heteroatoms. The van der Waals surface area contributed by atoms with Crippen LogP contribution in [-0.4, -0.2) is 20.1 Å². The van der Waals surface area contributed by atoms with Crippen LogP contribution in [0.1, 0.15) is 30.5 Å². The van der Waals surface area contributed by atoms with Gasteiger partial charge in [-0.1, -0.05) is 48.0 Å². The van der Waals surface area contributed by atoms with Crippen LogP contribution in [0.25, 0.3) is 0 Å². The summed E-state index contributed by atoms with van der Waals surface area (Å²) in [6, 6.07) is 12.8. The van der Waals surface area contributed by atoms with Gasteiger partial charge in [0, 0.05) is 11.4 Å². The molecule has 0 fully saturated rings. The third kappa shape index (κ3) is 6.14. The second-order valence-electron chi connectivity index (χ2n) is 5.78. The average molecular weight is 384 g/mol. The highest BCUT2D eigenvalue weighted by Crippen LogP contribution is 2.20. The summed E-state index contributed by atoms with van der Waals surface area (Å²) in [5, 5.41) is 2.83. The quantitative estimate of drug-likeness (QED) is 0.793. The van der Waals surface area contributed by atoms with Crippen LogP contribution < -0.4 is 5.32 Å². The van der Waals surface area contributed by atoms with Crippen molar-refractivity contribution in [1.82, 2.24) is 5.32 Å². The molecule has 4 nitrogen and oxygen atoms in total. The molecule has 0 radical (unpaired) electrons. The van der Waals surface area contributed by atoms with E-state index in [2.05, 4.69) is 5.32 Å². The largest absolute Gasteiger partial charge is 0.350 e. The van der Waals surface area contributed by atoms with Gasteiger partial charge in [-0.25, -0.2) is 12.8 Å².